The number of allylic oxidation sites excluding steroid dienone is 4. The average molecular weight is 570 g/mol. The van der Waals surface area contributed by atoms with E-state index in [4.69, 9.17) is 0 Å². The second-order valence-electron chi connectivity index (χ2n) is 10.1. The van der Waals surface area contributed by atoms with Crippen molar-refractivity contribution in [2.24, 2.45) is 0 Å². The Kier molecular flexibility index (Phi) is 6.34. The van der Waals surface area contributed by atoms with Crippen molar-refractivity contribution in [3.63, 3.8) is 0 Å². The Balaban J connectivity index is 0.00000130. The average Bonchev–Trinajstić information content (AvgIpc) is 3.49. The quantitative estimate of drug-likeness (QED) is 0.223. The molecule has 0 saturated heterocycles. The second kappa shape index (κ2) is 8.54. The third-order valence-electron chi connectivity index (χ3n) is 7.50. The van der Waals surface area contributed by atoms with E-state index in [-0.39, 0.29) is 24.8 Å². The van der Waals surface area contributed by atoms with Gasteiger partial charge in [-0.3, -0.25) is 0 Å². The molecular weight excluding hydrogens is 541 g/mol. The van der Waals surface area contributed by atoms with Gasteiger partial charge in [0.2, 0.25) is 0 Å². The van der Waals surface area contributed by atoms with E-state index in [2.05, 4.69) is 118 Å². The van der Waals surface area contributed by atoms with Gasteiger partial charge in [-0.2, -0.15) is 0 Å². The van der Waals surface area contributed by atoms with E-state index in [0.717, 1.165) is 6.42 Å². The summed E-state index contributed by atoms with van der Waals surface area (Å²) in [5.41, 5.74) is 8.52. The number of para-hydroxylation sites is 2. The fourth-order valence-electron chi connectivity index (χ4n) is 5.99. The molecule has 0 N–H and O–H groups in total. The minimum absolute atomic E-state index is 0. The normalized spacial score (nSPS) is 16.6. The van der Waals surface area contributed by atoms with Crippen LogP contribution in [0.4, 0.5) is 0 Å². The van der Waals surface area contributed by atoms with Gasteiger partial charge in [0.1, 0.15) is 0 Å². The molecule has 3 aromatic carbocycles. The van der Waals surface area contributed by atoms with E-state index in [1.807, 2.05) is 0 Å². The third-order valence-corrected chi connectivity index (χ3v) is 24.7. The van der Waals surface area contributed by atoms with Gasteiger partial charge in [0, 0.05) is 0 Å². The van der Waals surface area contributed by atoms with Gasteiger partial charge in [0.25, 0.3) is 0 Å². The van der Waals surface area contributed by atoms with Gasteiger partial charge in [-0.1, -0.05) is 0 Å². The van der Waals surface area contributed by atoms with Gasteiger partial charge >= 0.3 is 188 Å². The van der Waals surface area contributed by atoms with E-state index < -0.39 is 17.4 Å². The van der Waals surface area contributed by atoms with Crippen LogP contribution in [0, 0.1) is 0 Å². The van der Waals surface area contributed by atoms with E-state index in [1.165, 1.54) is 27.8 Å². The number of aromatic nitrogens is 1. The van der Waals surface area contributed by atoms with Gasteiger partial charge < -0.3 is 0 Å². The van der Waals surface area contributed by atoms with Gasteiger partial charge in [0.05, 0.1) is 0 Å². The number of hydrogen-bond donors (Lipinski definition) is 0. The molecule has 0 aliphatic heterocycles. The zero-order valence-corrected chi connectivity index (χ0v) is 24.5. The molecule has 0 bridgehead atoms. The summed E-state index contributed by atoms with van der Waals surface area (Å²) in [4.78, 5) is 0. The first kappa shape index (κ1) is 24.5. The summed E-state index contributed by atoms with van der Waals surface area (Å²) in [6, 6.07) is 29.1. The Labute approximate surface area is 210 Å². The van der Waals surface area contributed by atoms with Crippen molar-refractivity contribution in [3.05, 3.63) is 111 Å². The van der Waals surface area contributed by atoms with Crippen LogP contribution in [-0.4, -0.2) is 11.4 Å². The van der Waals surface area contributed by atoms with Crippen LogP contribution in [0.1, 0.15) is 21.2 Å². The summed E-state index contributed by atoms with van der Waals surface area (Å²) in [5.74, 6) is 0. The summed E-state index contributed by atoms with van der Waals surface area (Å²) in [6.07, 6.45) is 8.19. The molecule has 0 fully saturated rings. The van der Waals surface area contributed by atoms with Crippen LogP contribution in [0.5, 0.6) is 0 Å². The summed E-state index contributed by atoms with van der Waals surface area (Å²) in [5, 5.41) is 1.42. The van der Waals surface area contributed by atoms with Crippen molar-refractivity contribution < 1.29 is 17.4 Å². The molecular formula is C28H29Cl2NSiZr. The molecule has 0 spiro atoms. The number of benzene rings is 3. The molecule has 4 aromatic rings. The van der Waals surface area contributed by atoms with Gasteiger partial charge in [-0.05, 0) is 0 Å². The topological polar surface area (TPSA) is 4.93 Å². The fourth-order valence-corrected chi connectivity index (χ4v) is 20.5. The Morgan fingerprint density at radius 2 is 1.52 bits per heavy atom. The number of rotatable bonds is 3. The molecule has 1 nitrogen and oxygen atoms in total. The van der Waals surface area contributed by atoms with Crippen LogP contribution >= 0.6 is 24.8 Å². The van der Waals surface area contributed by atoms with E-state index in [0.29, 0.717) is 3.63 Å². The zero-order valence-electron chi connectivity index (χ0n) is 19.0. The number of halogens is 2. The Morgan fingerprint density at radius 3 is 2.24 bits per heavy atom. The van der Waals surface area contributed by atoms with Crippen molar-refractivity contribution in [3.8, 4) is 16.9 Å². The summed E-state index contributed by atoms with van der Waals surface area (Å²) in [7, 11) is 0. The molecule has 0 amide bonds. The van der Waals surface area contributed by atoms with Crippen molar-refractivity contribution in [1.29, 1.82) is 0 Å². The predicted molar refractivity (Wildman–Crippen MR) is 147 cm³/mol. The molecule has 1 aromatic heterocycles. The fraction of sp³-hybridized carbons (Fsp3) is 0.143. The first-order valence-electron chi connectivity index (χ1n) is 11.2. The van der Waals surface area contributed by atoms with Gasteiger partial charge in [-0.25, -0.2) is 0 Å². The molecule has 1 atom stereocenters. The van der Waals surface area contributed by atoms with Crippen molar-refractivity contribution in [2.45, 2.75) is 19.3 Å². The monoisotopic (exact) mass is 567 g/mol. The Morgan fingerprint density at radius 1 is 0.848 bits per heavy atom. The molecule has 33 heavy (non-hydrogen) atoms. The van der Waals surface area contributed by atoms with Crippen LogP contribution in [0.15, 0.2) is 100 Å². The third kappa shape index (κ3) is 3.51. The molecule has 1 unspecified atom stereocenters. The maximum absolute atomic E-state index is 3.34. The predicted octanol–water partition coefficient (Wildman–Crippen LogP) is 7.72. The molecule has 168 valence electrons. The Hall–Kier alpha value is -1.64. The van der Waals surface area contributed by atoms with Crippen LogP contribution in [0.3, 0.4) is 0 Å². The summed E-state index contributed by atoms with van der Waals surface area (Å²) >= 11 is -3.34. The molecule has 5 heteroatoms. The van der Waals surface area contributed by atoms with E-state index >= 15 is 0 Å². The molecule has 1 heterocycles. The molecule has 0 radical (unpaired) electrons. The van der Waals surface area contributed by atoms with Crippen molar-refractivity contribution in [1.82, 2.24) is 4.57 Å². The number of nitrogens with zero attached hydrogens (tertiary/aromatic N) is 1. The summed E-state index contributed by atoms with van der Waals surface area (Å²) in [6.45, 7) is 2.38. The van der Waals surface area contributed by atoms with Crippen LogP contribution in [0.2, 0.25) is 9.26 Å². The van der Waals surface area contributed by atoms with Crippen LogP contribution in [0.25, 0.3) is 27.8 Å². The molecule has 0 saturated carbocycles. The molecule has 2 aliphatic rings. The number of hydrogen-bond acceptors (Lipinski definition) is 0. The standard InChI is InChI=1S/C21H14N.C5H5.2CH3.2ClH.H2Si.Zr/c1-2-9-16(10-3-1)22-20-13-7-6-12-18(20)19-14-15-8-4-5-11-17(15)21(19)22;1-2-4-5-3-1;;;;;;/h1-14H;1-3H,4H2;2*1H3;2*1H;1H2;. The van der Waals surface area contributed by atoms with Gasteiger partial charge in [-0.15, -0.1) is 24.8 Å². The first-order valence-corrected chi connectivity index (χ1v) is 24.7. The molecule has 2 aliphatic carbocycles. The second-order valence-corrected chi connectivity index (χ2v) is 39.8. The first-order chi connectivity index (χ1) is 15.0. The van der Waals surface area contributed by atoms with Gasteiger partial charge in [0.15, 0.2) is 0 Å². The molecule has 6 rings (SSSR count). The SMILES string of the molecule is Cl.Cl.[CH3][Zr]([CH3])(=[SiH2])([C]1=CC=CC1)[CH]1c2ccccc2-c2c1c1ccccc1n2-c1ccccc1. The van der Waals surface area contributed by atoms with E-state index in [1.54, 1.807) is 14.4 Å². The van der Waals surface area contributed by atoms with Crippen molar-refractivity contribution >= 4 is 42.6 Å². The zero-order chi connectivity index (χ0) is 21.2. The number of fused-ring (bicyclic) bond motifs is 5. The Bertz CT molecular complexity index is 1490. The maximum atomic E-state index is 2.67. The van der Waals surface area contributed by atoms with E-state index in [9.17, 15) is 0 Å². The van der Waals surface area contributed by atoms with Crippen LogP contribution < -0.4 is 0 Å². The van der Waals surface area contributed by atoms with Crippen LogP contribution in [-0.2, 0) is 17.4 Å². The van der Waals surface area contributed by atoms with Crippen molar-refractivity contribution in [2.75, 3.05) is 0 Å². The summed E-state index contributed by atoms with van der Waals surface area (Å²) < 4.78 is 10.1. The minimum atomic E-state index is -3.34.